The molecule has 294 valence electrons. The Morgan fingerprint density at radius 3 is 1.39 bits per heavy atom. The van der Waals surface area contributed by atoms with Crippen LogP contribution in [0, 0.1) is 11.8 Å². The number of aliphatic carboxylic acids is 2. The van der Waals surface area contributed by atoms with Crippen LogP contribution < -0.4 is 15.4 Å². The van der Waals surface area contributed by atoms with Gasteiger partial charge in [-0.15, -0.1) is 0 Å². The summed E-state index contributed by atoms with van der Waals surface area (Å²) in [6.45, 7) is 0.225. The van der Waals surface area contributed by atoms with Crippen molar-refractivity contribution in [3.05, 3.63) is 125 Å². The predicted octanol–water partition coefficient (Wildman–Crippen LogP) is 6.98. The van der Waals surface area contributed by atoms with E-state index in [1.54, 1.807) is 0 Å². The lowest BCUT2D eigenvalue weighted by Gasteiger charge is -2.20. The molecule has 0 aromatic heterocycles. The van der Waals surface area contributed by atoms with Crippen molar-refractivity contribution < 1.29 is 53.2 Å². The van der Waals surface area contributed by atoms with E-state index >= 15 is 0 Å². The van der Waals surface area contributed by atoms with Crippen molar-refractivity contribution in [3.63, 3.8) is 0 Å². The molecule has 0 saturated heterocycles. The van der Waals surface area contributed by atoms with Crippen LogP contribution in [0.1, 0.15) is 89.1 Å². The van der Waals surface area contributed by atoms with Gasteiger partial charge < -0.3 is 35.1 Å². The van der Waals surface area contributed by atoms with Crippen molar-refractivity contribution in [2.45, 2.75) is 75.1 Å². The number of carbonyl (C=O) groups excluding carboxylic acids is 4. The summed E-state index contributed by atoms with van der Waals surface area (Å²) in [6, 6.07) is 26.3. The number of rotatable bonds is 14. The minimum absolute atomic E-state index is 0.0856. The third-order valence-electron chi connectivity index (χ3n) is 11.1. The molecule has 57 heavy (non-hydrogen) atoms. The van der Waals surface area contributed by atoms with E-state index in [0.717, 1.165) is 56.9 Å². The second-order valence-electron chi connectivity index (χ2n) is 14.7. The lowest BCUT2D eigenvalue weighted by atomic mass is 10.1. The molecule has 0 heterocycles. The predicted molar refractivity (Wildman–Crippen MR) is 206 cm³/mol. The SMILES string of the molecule is O=C(OC1(C(=O)O)C(c2ccc(OCc3ccccc3)cc2)C1(OC(=O)c1ccc(NC(=O)C2CCCC2)cc1)C(=O)O)c1ccc(NC(=O)C2CCCC2)cc1. The number of benzene rings is 4. The minimum atomic E-state index is -2.91. The van der Waals surface area contributed by atoms with E-state index in [9.17, 15) is 39.0 Å². The molecular weight excluding hydrogens is 732 g/mol. The second kappa shape index (κ2) is 16.3. The molecule has 4 aromatic rings. The summed E-state index contributed by atoms with van der Waals surface area (Å²) in [5, 5.41) is 27.2. The van der Waals surface area contributed by atoms with Gasteiger partial charge in [-0.05, 0) is 97.5 Å². The molecule has 13 heteroatoms. The first-order valence-electron chi connectivity index (χ1n) is 19.0. The smallest absolute Gasteiger partial charge is 0.354 e. The zero-order valence-corrected chi connectivity index (χ0v) is 31.0. The molecular formula is C44H42N2O11. The molecule has 0 spiro atoms. The van der Waals surface area contributed by atoms with Gasteiger partial charge in [-0.3, -0.25) is 9.59 Å². The number of ether oxygens (including phenoxy) is 3. The lowest BCUT2D eigenvalue weighted by molar-refractivity contribution is -0.166. The van der Waals surface area contributed by atoms with E-state index in [1.807, 2.05) is 30.3 Å². The Kier molecular flexibility index (Phi) is 11.1. The van der Waals surface area contributed by atoms with Crippen LogP contribution >= 0.6 is 0 Å². The summed E-state index contributed by atoms with van der Waals surface area (Å²) in [6.07, 6.45) is 7.05. The Labute approximate surface area is 328 Å². The van der Waals surface area contributed by atoms with Gasteiger partial charge in [0.25, 0.3) is 11.2 Å². The molecule has 0 radical (unpaired) electrons. The molecule has 2 amide bonds. The molecule has 4 aromatic carbocycles. The number of carboxylic acid groups (broad SMARTS) is 2. The molecule has 3 aliphatic rings. The van der Waals surface area contributed by atoms with Gasteiger partial charge in [0.15, 0.2) is 0 Å². The zero-order chi connectivity index (χ0) is 40.2. The minimum Gasteiger partial charge on any atom is -0.489 e. The fourth-order valence-electron chi connectivity index (χ4n) is 7.97. The van der Waals surface area contributed by atoms with Crippen LogP contribution in [0.25, 0.3) is 0 Å². The Morgan fingerprint density at radius 1 is 0.561 bits per heavy atom. The lowest BCUT2D eigenvalue weighted by Crippen LogP contribution is -2.45. The average Bonchev–Trinajstić information content (AvgIpc) is 3.70. The summed E-state index contributed by atoms with van der Waals surface area (Å²) in [5.74, 6) is -7.90. The van der Waals surface area contributed by atoms with E-state index in [4.69, 9.17) is 14.2 Å². The van der Waals surface area contributed by atoms with Crippen LogP contribution in [-0.2, 0) is 35.3 Å². The summed E-state index contributed by atoms with van der Waals surface area (Å²) in [7, 11) is 0. The summed E-state index contributed by atoms with van der Waals surface area (Å²) < 4.78 is 17.2. The Hall–Kier alpha value is -6.50. The second-order valence-corrected chi connectivity index (χ2v) is 14.7. The number of carboxylic acids is 2. The monoisotopic (exact) mass is 774 g/mol. The first-order chi connectivity index (χ1) is 27.5. The summed E-state index contributed by atoms with van der Waals surface area (Å²) in [5.41, 5.74) is -4.29. The van der Waals surface area contributed by atoms with Gasteiger partial charge in [0.1, 0.15) is 12.4 Å². The average molecular weight is 775 g/mol. The van der Waals surface area contributed by atoms with Crippen LogP contribution in [0.4, 0.5) is 11.4 Å². The Morgan fingerprint density at radius 2 is 0.982 bits per heavy atom. The van der Waals surface area contributed by atoms with Gasteiger partial charge >= 0.3 is 23.9 Å². The van der Waals surface area contributed by atoms with E-state index in [0.29, 0.717) is 17.1 Å². The molecule has 3 saturated carbocycles. The van der Waals surface area contributed by atoms with Gasteiger partial charge in [0.2, 0.25) is 11.8 Å². The zero-order valence-electron chi connectivity index (χ0n) is 31.0. The van der Waals surface area contributed by atoms with Crippen LogP contribution in [0.5, 0.6) is 5.75 Å². The van der Waals surface area contributed by atoms with Crippen molar-refractivity contribution >= 4 is 47.1 Å². The van der Waals surface area contributed by atoms with Gasteiger partial charge in [-0.1, -0.05) is 68.1 Å². The normalized spacial score (nSPS) is 21.6. The Bertz CT molecular complexity index is 2030. The van der Waals surface area contributed by atoms with Crippen LogP contribution in [0.2, 0.25) is 0 Å². The molecule has 3 aliphatic carbocycles. The van der Waals surface area contributed by atoms with E-state index in [2.05, 4.69) is 10.6 Å². The number of hydrogen-bond acceptors (Lipinski definition) is 9. The molecule has 3 fully saturated rings. The van der Waals surface area contributed by atoms with Gasteiger partial charge in [0.05, 0.1) is 17.0 Å². The molecule has 13 nitrogen and oxygen atoms in total. The van der Waals surface area contributed by atoms with E-state index < -0.39 is 41.0 Å². The fraction of sp³-hybridized carbons (Fsp3) is 0.318. The highest BCUT2D eigenvalue weighted by atomic mass is 16.6. The molecule has 0 aliphatic heterocycles. The maximum absolute atomic E-state index is 13.7. The largest absolute Gasteiger partial charge is 0.489 e. The number of nitrogens with one attached hydrogen (secondary N) is 2. The van der Waals surface area contributed by atoms with Crippen molar-refractivity contribution in [1.29, 1.82) is 0 Å². The van der Waals surface area contributed by atoms with Crippen molar-refractivity contribution in [1.82, 2.24) is 0 Å². The molecule has 0 bridgehead atoms. The maximum atomic E-state index is 13.7. The highest BCUT2D eigenvalue weighted by molar-refractivity contribution is 6.07. The number of esters is 2. The van der Waals surface area contributed by atoms with Gasteiger partial charge in [-0.25, -0.2) is 19.2 Å². The van der Waals surface area contributed by atoms with Crippen molar-refractivity contribution in [3.8, 4) is 5.75 Å². The Balaban J connectivity index is 1.16. The first-order valence-corrected chi connectivity index (χ1v) is 19.0. The molecule has 2 unspecified atom stereocenters. The molecule has 4 N–H and O–H groups in total. The van der Waals surface area contributed by atoms with Crippen molar-refractivity contribution in [2.75, 3.05) is 10.6 Å². The number of carbonyl (C=O) groups is 6. The number of hydrogen-bond donors (Lipinski definition) is 4. The van der Waals surface area contributed by atoms with E-state index in [-0.39, 0.29) is 46.9 Å². The van der Waals surface area contributed by atoms with Crippen molar-refractivity contribution in [2.24, 2.45) is 11.8 Å². The van der Waals surface area contributed by atoms with Crippen LogP contribution in [0.15, 0.2) is 103 Å². The quantitative estimate of drug-likeness (QED) is 0.0966. The topological polar surface area (TPSA) is 195 Å². The summed E-state index contributed by atoms with van der Waals surface area (Å²) in [4.78, 5) is 79.4. The third-order valence-corrected chi connectivity index (χ3v) is 11.1. The number of anilines is 2. The molecule has 2 atom stereocenters. The fourth-order valence-corrected chi connectivity index (χ4v) is 7.97. The highest BCUT2D eigenvalue weighted by Gasteiger charge is 2.93. The highest BCUT2D eigenvalue weighted by Crippen LogP contribution is 2.66. The third kappa shape index (κ3) is 7.82. The van der Waals surface area contributed by atoms with E-state index in [1.165, 1.54) is 72.8 Å². The first kappa shape index (κ1) is 38.8. The van der Waals surface area contributed by atoms with Crippen LogP contribution in [0.3, 0.4) is 0 Å². The van der Waals surface area contributed by atoms with Crippen LogP contribution in [-0.4, -0.2) is 57.1 Å². The molecule has 7 rings (SSSR count). The standard InChI is InChI=1S/C44H42N2O11/c47-37(29-10-4-5-11-29)45-33-20-14-31(15-21-33)39(49)56-43(41(51)52)36(28-18-24-35(25-19-28)55-26-27-8-2-1-3-9-27)44(43,42(53)54)57-40(50)32-16-22-34(23-17-32)46-38(48)30-12-6-7-13-30/h1-3,8-9,14-25,29-30,36H,4-7,10-13,26H2,(H,45,47)(H,46,48)(H,51,52)(H,53,54). The number of amides is 2. The maximum Gasteiger partial charge on any atom is 0.354 e. The van der Waals surface area contributed by atoms with Gasteiger partial charge in [-0.2, -0.15) is 0 Å². The van der Waals surface area contributed by atoms with Gasteiger partial charge in [0, 0.05) is 23.2 Å². The summed E-state index contributed by atoms with van der Waals surface area (Å²) >= 11 is 0.